The van der Waals surface area contributed by atoms with Gasteiger partial charge in [-0.05, 0) is 18.7 Å². The van der Waals surface area contributed by atoms with Gasteiger partial charge in [0, 0.05) is 5.92 Å². The van der Waals surface area contributed by atoms with E-state index in [4.69, 9.17) is 15.6 Å². The van der Waals surface area contributed by atoms with Crippen LogP contribution in [0.25, 0.3) is 0 Å². The summed E-state index contributed by atoms with van der Waals surface area (Å²) in [5.41, 5.74) is 5.44. The largest absolute Gasteiger partial charge is 0.493 e. The van der Waals surface area contributed by atoms with Gasteiger partial charge in [0.1, 0.15) is 5.75 Å². The molecule has 0 fully saturated rings. The van der Waals surface area contributed by atoms with Gasteiger partial charge in [-0.3, -0.25) is 4.79 Å². The van der Waals surface area contributed by atoms with Gasteiger partial charge in [0.25, 0.3) is 0 Å². The summed E-state index contributed by atoms with van der Waals surface area (Å²) in [5.74, 6) is -0.244. The van der Waals surface area contributed by atoms with E-state index in [0.29, 0.717) is 13.2 Å². The van der Waals surface area contributed by atoms with Gasteiger partial charge in [-0.15, -0.1) is 0 Å². The number of nitrogens with two attached hydrogens (primary N) is 1. The first-order valence-corrected chi connectivity index (χ1v) is 4.82. The summed E-state index contributed by atoms with van der Waals surface area (Å²) in [4.78, 5) is 10.5. The van der Waals surface area contributed by atoms with E-state index in [0.717, 1.165) is 5.75 Å². The Bertz CT molecular complexity index is 300. The van der Waals surface area contributed by atoms with E-state index >= 15 is 0 Å². The first-order valence-electron chi connectivity index (χ1n) is 4.82. The number of carboxylic acid groups (broad SMARTS) is 1. The second kappa shape index (κ2) is 6.03. The third-order valence-corrected chi connectivity index (χ3v) is 2.03. The molecule has 0 aromatic heterocycles. The van der Waals surface area contributed by atoms with Gasteiger partial charge in [0.15, 0.2) is 0 Å². The van der Waals surface area contributed by atoms with Gasteiger partial charge in [0.2, 0.25) is 0 Å². The third-order valence-electron chi connectivity index (χ3n) is 2.03. The Labute approximate surface area is 88.7 Å². The number of para-hydroxylation sites is 1. The molecule has 0 aliphatic heterocycles. The highest BCUT2D eigenvalue weighted by Gasteiger charge is 2.11. The topological polar surface area (TPSA) is 72.5 Å². The molecule has 1 aromatic rings. The van der Waals surface area contributed by atoms with Gasteiger partial charge in [-0.2, -0.15) is 0 Å². The molecule has 0 saturated heterocycles. The van der Waals surface area contributed by atoms with Crippen molar-refractivity contribution in [3.05, 3.63) is 30.3 Å². The minimum absolute atomic E-state index is 0.0450. The molecule has 0 radical (unpaired) electrons. The van der Waals surface area contributed by atoms with Crippen molar-refractivity contribution in [1.29, 1.82) is 0 Å². The summed E-state index contributed by atoms with van der Waals surface area (Å²) >= 11 is 0. The zero-order valence-corrected chi connectivity index (χ0v) is 8.43. The zero-order chi connectivity index (χ0) is 11.1. The molecule has 15 heavy (non-hydrogen) atoms. The molecule has 1 unspecified atom stereocenters. The van der Waals surface area contributed by atoms with Crippen molar-refractivity contribution in [3.63, 3.8) is 0 Å². The molecule has 0 saturated carbocycles. The van der Waals surface area contributed by atoms with Gasteiger partial charge < -0.3 is 15.6 Å². The van der Waals surface area contributed by atoms with Crippen molar-refractivity contribution in [2.45, 2.75) is 6.42 Å². The molecular weight excluding hydrogens is 194 g/mol. The van der Waals surface area contributed by atoms with Crippen molar-refractivity contribution in [1.82, 2.24) is 0 Å². The van der Waals surface area contributed by atoms with Crippen LogP contribution in [0.15, 0.2) is 30.3 Å². The molecule has 3 N–H and O–H groups in total. The molecule has 0 amide bonds. The zero-order valence-electron chi connectivity index (χ0n) is 8.43. The van der Waals surface area contributed by atoms with Gasteiger partial charge in [-0.1, -0.05) is 18.2 Å². The average Bonchev–Trinajstić information content (AvgIpc) is 2.25. The molecule has 4 nitrogen and oxygen atoms in total. The van der Waals surface area contributed by atoms with Crippen LogP contribution in [-0.4, -0.2) is 24.2 Å². The van der Waals surface area contributed by atoms with E-state index in [9.17, 15) is 4.79 Å². The number of rotatable bonds is 6. The highest BCUT2D eigenvalue weighted by molar-refractivity contribution is 5.67. The predicted molar refractivity (Wildman–Crippen MR) is 56.7 cm³/mol. The standard InChI is InChI=1S/C11H15NO3/c12-7-9(6-11(13)14)8-15-10-4-2-1-3-5-10/h1-5,9H,6-8,12H2,(H,13,14). The number of benzene rings is 1. The molecule has 0 aliphatic rings. The Hall–Kier alpha value is -1.55. The van der Waals surface area contributed by atoms with Crippen LogP contribution in [-0.2, 0) is 4.79 Å². The van der Waals surface area contributed by atoms with Crippen LogP contribution in [0.1, 0.15) is 6.42 Å². The Morgan fingerprint density at radius 2 is 2.07 bits per heavy atom. The second-order valence-electron chi connectivity index (χ2n) is 3.32. The lowest BCUT2D eigenvalue weighted by Crippen LogP contribution is -2.24. The van der Waals surface area contributed by atoms with Crippen LogP contribution in [0.4, 0.5) is 0 Å². The predicted octanol–water partition coefficient (Wildman–Crippen LogP) is 1.11. The van der Waals surface area contributed by atoms with E-state index in [2.05, 4.69) is 0 Å². The van der Waals surface area contributed by atoms with Crippen LogP contribution in [0.5, 0.6) is 5.75 Å². The monoisotopic (exact) mass is 209 g/mol. The Morgan fingerprint density at radius 3 is 2.60 bits per heavy atom. The fourth-order valence-corrected chi connectivity index (χ4v) is 1.19. The molecule has 1 rings (SSSR count). The van der Waals surface area contributed by atoms with E-state index < -0.39 is 5.97 Å². The fourth-order valence-electron chi connectivity index (χ4n) is 1.19. The lowest BCUT2D eigenvalue weighted by molar-refractivity contribution is -0.138. The maximum Gasteiger partial charge on any atom is 0.303 e. The number of carbonyl (C=O) groups is 1. The van der Waals surface area contributed by atoms with E-state index in [1.807, 2.05) is 30.3 Å². The van der Waals surface area contributed by atoms with Crippen LogP contribution in [0.2, 0.25) is 0 Å². The highest BCUT2D eigenvalue weighted by atomic mass is 16.5. The Kier molecular flexibility index (Phi) is 4.63. The first kappa shape index (κ1) is 11.5. The normalized spacial score (nSPS) is 12.1. The quantitative estimate of drug-likeness (QED) is 0.736. The summed E-state index contributed by atoms with van der Waals surface area (Å²) in [5, 5.41) is 8.60. The lowest BCUT2D eigenvalue weighted by Gasteiger charge is -2.13. The van der Waals surface area contributed by atoms with Crippen molar-refractivity contribution in [2.75, 3.05) is 13.2 Å². The van der Waals surface area contributed by atoms with Crippen LogP contribution in [0, 0.1) is 5.92 Å². The fraction of sp³-hybridized carbons (Fsp3) is 0.364. The van der Waals surface area contributed by atoms with Gasteiger partial charge >= 0.3 is 5.97 Å². The molecular formula is C11H15NO3. The number of ether oxygens (including phenoxy) is 1. The van der Waals surface area contributed by atoms with Crippen LogP contribution < -0.4 is 10.5 Å². The number of carboxylic acids is 1. The van der Waals surface area contributed by atoms with Crippen molar-refractivity contribution < 1.29 is 14.6 Å². The number of aliphatic carboxylic acids is 1. The molecule has 82 valence electrons. The minimum Gasteiger partial charge on any atom is -0.493 e. The maximum atomic E-state index is 10.5. The van der Waals surface area contributed by atoms with Crippen LogP contribution >= 0.6 is 0 Å². The SMILES string of the molecule is NCC(COc1ccccc1)CC(=O)O. The minimum atomic E-state index is -0.845. The van der Waals surface area contributed by atoms with Crippen molar-refractivity contribution >= 4 is 5.97 Å². The van der Waals surface area contributed by atoms with E-state index in [1.54, 1.807) is 0 Å². The Morgan fingerprint density at radius 1 is 1.40 bits per heavy atom. The smallest absolute Gasteiger partial charge is 0.303 e. The molecule has 4 heteroatoms. The molecule has 1 aromatic carbocycles. The summed E-state index contributed by atoms with van der Waals surface area (Å²) < 4.78 is 5.42. The van der Waals surface area contributed by atoms with E-state index in [-0.39, 0.29) is 12.3 Å². The van der Waals surface area contributed by atoms with Gasteiger partial charge in [0.05, 0.1) is 13.0 Å². The summed E-state index contributed by atoms with van der Waals surface area (Å²) in [6, 6.07) is 9.28. The van der Waals surface area contributed by atoms with Crippen molar-refractivity contribution in [3.8, 4) is 5.75 Å². The molecule has 0 heterocycles. The first-order chi connectivity index (χ1) is 7.22. The summed E-state index contributed by atoms with van der Waals surface area (Å²) in [7, 11) is 0. The third kappa shape index (κ3) is 4.46. The second-order valence-corrected chi connectivity index (χ2v) is 3.32. The molecule has 0 bridgehead atoms. The van der Waals surface area contributed by atoms with Crippen molar-refractivity contribution in [2.24, 2.45) is 11.7 Å². The number of hydrogen-bond acceptors (Lipinski definition) is 3. The van der Waals surface area contributed by atoms with Crippen LogP contribution in [0.3, 0.4) is 0 Å². The highest BCUT2D eigenvalue weighted by Crippen LogP contribution is 2.11. The Balaban J connectivity index is 2.37. The van der Waals surface area contributed by atoms with E-state index in [1.165, 1.54) is 0 Å². The average molecular weight is 209 g/mol. The van der Waals surface area contributed by atoms with Gasteiger partial charge in [-0.25, -0.2) is 0 Å². The summed E-state index contributed by atoms with van der Waals surface area (Å²) in [6.45, 7) is 0.659. The molecule has 0 spiro atoms. The summed E-state index contributed by atoms with van der Waals surface area (Å²) in [6.07, 6.45) is 0.0450. The lowest BCUT2D eigenvalue weighted by atomic mass is 10.1. The maximum absolute atomic E-state index is 10.5. The molecule has 0 aliphatic carbocycles. The number of hydrogen-bond donors (Lipinski definition) is 2. The molecule has 1 atom stereocenters.